The summed E-state index contributed by atoms with van der Waals surface area (Å²) in [4.78, 5) is 17.0. The molecule has 3 heterocycles. The molecule has 1 fully saturated rings. The standard InChI is InChI=1S/C36H41N5O3/c1-22(2)34-24(4)41(32-19-18-30(37-23(32)3)25-14-16-27(17-15-25)36(43)44-5)39-35(34)28-12-9-13-31-29(28)20-40(38-31)21-33(42)26-10-7-6-8-11-26/h6-13,18-20,22,25,27,33,42H,14-17,21H2,1-5H3/t25?,27?,33-/m0/s1. The number of aliphatic hydroxyl groups excluding tert-OH is 1. The molecule has 44 heavy (non-hydrogen) atoms. The lowest BCUT2D eigenvalue weighted by Gasteiger charge is -2.27. The van der Waals surface area contributed by atoms with Gasteiger partial charge in [-0.2, -0.15) is 10.2 Å². The molecule has 6 rings (SSSR count). The fourth-order valence-electron chi connectivity index (χ4n) is 6.80. The minimum absolute atomic E-state index is 0.00158. The number of rotatable bonds is 8. The number of carbonyl (C=O) groups is 1. The summed E-state index contributed by atoms with van der Waals surface area (Å²) in [5.74, 6) is 0.503. The number of fused-ring (bicyclic) bond motifs is 1. The number of aromatic nitrogens is 5. The van der Waals surface area contributed by atoms with Crippen LogP contribution in [-0.2, 0) is 16.1 Å². The third kappa shape index (κ3) is 5.66. The Morgan fingerprint density at radius 1 is 0.977 bits per heavy atom. The van der Waals surface area contributed by atoms with Crippen LogP contribution in [0.3, 0.4) is 0 Å². The van der Waals surface area contributed by atoms with Crippen molar-refractivity contribution in [3.05, 3.63) is 95.1 Å². The fourth-order valence-corrected chi connectivity index (χ4v) is 6.80. The number of aliphatic hydroxyl groups is 1. The molecule has 1 aliphatic carbocycles. The van der Waals surface area contributed by atoms with E-state index in [-0.39, 0.29) is 17.8 Å². The number of esters is 1. The highest BCUT2D eigenvalue weighted by molar-refractivity contribution is 5.94. The molecule has 0 amide bonds. The van der Waals surface area contributed by atoms with E-state index < -0.39 is 6.10 Å². The van der Waals surface area contributed by atoms with Gasteiger partial charge in [0.2, 0.25) is 0 Å². The Morgan fingerprint density at radius 2 is 1.73 bits per heavy atom. The SMILES string of the molecule is COC(=O)C1CCC(c2ccc(-n3nc(-c4cccc5nn(C[C@H](O)c6ccccc6)cc45)c(C(C)C)c3C)c(C)n2)CC1. The van der Waals surface area contributed by atoms with Crippen LogP contribution in [0.5, 0.6) is 0 Å². The molecule has 1 saturated carbocycles. The molecule has 0 aliphatic heterocycles. The number of ether oxygens (including phenoxy) is 1. The van der Waals surface area contributed by atoms with Gasteiger partial charge < -0.3 is 9.84 Å². The molecule has 8 heteroatoms. The Morgan fingerprint density at radius 3 is 2.41 bits per heavy atom. The molecular formula is C36H41N5O3. The Hall–Kier alpha value is -4.30. The van der Waals surface area contributed by atoms with Gasteiger partial charge >= 0.3 is 5.97 Å². The molecule has 1 atom stereocenters. The number of pyridine rings is 1. The lowest BCUT2D eigenvalue weighted by molar-refractivity contribution is -0.146. The second kappa shape index (κ2) is 12.4. The third-order valence-electron chi connectivity index (χ3n) is 9.12. The zero-order valence-electron chi connectivity index (χ0n) is 26.2. The van der Waals surface area contributed by atoms with Gasteiger partial charge in [0.25, 0.3) is 0 Å². The van der Waals surface area contributed by atoms with Crippen molar-refractivity contribution in [1.82, 2.24) is 24.5 Å². The van der Waals surface area contributed by atoms with Gasteiger partial charge in [-0.25, -0.2) is 4.68 Å². The molecule has 0 saturated heterocycles. The van der Waals surface area contributed by atoms with Crippen LogP contribution in [0.4, 0.5) is 0 Å². The van der Waals surface area contributed by atoms with Crippen LogP contribution in [0.15, 0.2) is 66.9 Å². The first-order valence-corrected chi connectivity index (χ1v) is 15.6. The molecule has 0 unspecified atom stereocenters. The summed E-state index contributed by atoms with van der Waals surface area (Å²) in [6.45, 7) is 8.96. The summed E-state index contributed by atoms with van der Waals surface area (Å²) in [6, 6.07) is 20.1. The van der Waals surface area contributed by atoms with Crippen molar-refractivity contribution in [3.8, 4) is 16.9 Å². The van der Waals surface area contributed by atoms with E-state index in [1.54, 1.807) is 0 Å². The monoisotopic (exact) mass is 591 g/mol. The fraction of sp³-hybridized carbons (Fsp3) is 0.389. The maximum absolute atomic E-state index is 12.0. The number of benzene rings is 2. The van der Waals surface area contributed by atoms with E-state index in [9.17, 15) is 9.90 Å². The van der Waals surface area contributed by atoms with Crippen LogP contribution in [-0.4, -0.2) is 42.7 Å². The third-order valence-corrected chi connectivity index (χ3v) is 9.12. The van der Waals surface area contributed by atoms with Gasteiger partial charge in [-0.1, -0.05) is 56.3 Å². The van der Waals surface area contributed by atoms with Crippen LogP contribution in [0.25, 0.3) is 27.8 Å². The van der Waals surface area contributed by atoms with Crippen LogP contribution < -0.4 is 0 Å². The summed E-state index contributed by atoms with van der Waals surface area (Å²) in [5, 5.41) is 21.9. The van der Waals surface area contributed by atoms with Gasteiger partial charge in [0.15, 0.2) is 0 Å². The highest BCUT2D eigenvalue weighted by Gasteiger charge is 2.29. The number of aryl methyl sites for hydroxylation is 1. The number of hydrogen-bond acceptors (Lipinski definition) is 6. The normalized spacial score (nSPS) is 17.7. The number of methoxy groups -OCH3 is 1. The van der Waals surface area contributed by atoms with E-state index >= 15 is 0 Å². The smallest absolute Gasteiger partial charge is 0.308 e. The van der Waals surface area contributed by atoms with Gasteiger partial charge in [-0.05, 0) is 69.2 Å². The average molecular weight is 592 g/mol. The second-order valence-electron chi connectivity index (χ2n) is 12.3. The van der Waals surface area contributed by atoms with Gasteiger partial charge in [0.05, 0.1) is 48.3 Å². The molecule has 5 aromatic rings. The summed E-state index contributed by atoms with van der Waals surface area (Å²) in [7, 11) is 1.47. The van der Waals surface area contributed by atoms with Crippen LogP contribution in [0.2, 0.25) is 0 Å². The summed E-state index contributed by atoms with van der Waals surface area (Å²) in [6.07, 6.45) is 4.93. The Kier molecular flexibility index (Phi) is 8.36. The summed E-state index contributed by atoms with van der Waals surface area (Å²) in [5.41, 5.74) is 8.98. The topological polar surface area (TPSA) is 95.1 Å². The molecule has 0 bridgehead atoms. The molecule has 2 aromatic carbocycles. The molecule has 1 N–H and O–H groups in total. The minimum Gasteiger partial charge on any atom is -0.469 e. The maximum Gasteiger partial charge on any atom is 0.308 e. The van der Waals surface area contributed by atoms with E-state index in [1.807, 2.05) is 58.0 Å². The predicted octanol–water partition coefficient (Wildman–Crippen LogP) is 7.20. The molecule has 1 aliphatic rings. The molecule has 0 spiro atoms. The Labute approximate surface area is 258 Å². The van der Waals surface area contributed by atoms with E-state index in [1.165, 1.54) is 12.7 Å². The van der Waals surface area contributed by atoms with Crippen molar-refractivity contribution in [3.63, 3.8) is 0 Å². The van der Waals surface area contributed by atoms with E-state index in [0.29, 0.717) is 12.5 Å². The molecular weight excluding hydrogens is 550 g/mol. The zero-order valence-corrected chi connectivity index (χ0v) is 26.2. The molecule has 8 nitrogen and oxygen atoms in total. The number of nitrogens with zero attached hydrogens (tertiary/aromatic N) is 5. The zero-order chi connectivity index (χ0) is 31.0. The van der Waals surface area contributed by atoms with E-state index in [4.69, 9.17) is 19.9 Å². The number of hydrogen-bond donors (Lipinski definition) is 1. The minimum atomic E-state index is -0.650. The van der Waals surface area contributed by atoms with Gasteiger partial charge in [-0.15, -0.1) is 0 Å². The van der Waals surface area contributed by atoms with Crippen molar-refractivity contribution in [2.45, 2.75) is 77.9 Å². The van der Waals surface area contributed by atoms with Crippen molar-refractivity contribution < 1.29 is 14.6 Å². The Bertz CT molecular complexity index is 1780. The van der Waals surface area contributed by atoms with E-state index in [2.05, 4.69) is 45.9 Å². The lowest BCUT2D eigenvalue weighted by Crippen LogP contribution is -2.22. The first-order valence-electron chi connectivity index (χ1n) is 15.6. The molecule has 228 valence electrons. The van der Waals surface area contributed by atoms with Gasteiger partial charge in [0, 0.05) is 40.0 Å². The quantitative estimate of drug-likeness (QED) is 0.192. The summed E-state index contributed by atoms with van der Waals surface area (Å²) >= 11 is 0. The average Bonchev–Trinajstić information content (AvgIpc) is 3.61. The Balaban J connectivity index is 1.32. The first-order chi connectivity index (χ1) is 21.2. The second-order valence-corrected chi connectivity index (χ2v) is 12.3. The molecule has 0 radical (unpaired) electrons. The van der Waals surface area contributed by atoms with Crippen molar-refractivity contribution in [2.24, 2.45) is 5.92 Å². The van der Waals surface area contributed by atoms with E-state index in [0.717, 1.165) is 76.2 Å². The highest BCUT2D eigenvalue weighted by atomic mass is 16.5. The van der Waals surface area contributed by atoms with Crippen LogP contribution in [0, 0.1) is 19.8 Å². The van der Waals surface area contributed by atoms with Gasteiger partial charge in [0.1, 0.15) is 0 Å². The van der Waals surface area contributed by atoms with Crippen molar-refractivity contribution in [2.75, 3.05) is 7.11 Å². The van der Waals surface area contributed by atoms with Crippen molar-refractivity contribution >= 4 is 16.9 Å². The van der Waals surface area contributed by atoms with Gasteiger partial charge in [-0.3, -0.25) is 14.5 Å². The maximum atomic E-state index is 12.0. The van der Waals surface area contributed by atoms with Crippen LogP contribution >= 0.6 is 0 Å². The number of carbonyl (C=O) groups excluding carboxylic acids is 1. The summed E-state index contributed by atoms with van der Waals surface area (Å²) < 4.78 is 8.83. The molecule has 3 aromatic heterocycles. The first kappa shape index (κ1) is 29.8. The predicted molar refractivity (Wildman–Crippen MR) is 172 cm³/mol. The van der Waals surface area contributed by atoms with Crippen molar-refractivity contribution in [1.29, 1.82) is 0 Å². The highest BCUT2D eigenvalue weighted by Crippen LogP contribution is 2.38. The lowest BCUT2D eigenvalue weighted by atomic mass is 9.80. The largest absolute Gasteiger partial charge is 0.469 e. The van der Waals surface area contributed by atoms with Crippen LogP contribution in [0.1, 0.15) is 85.7 Å².